The third-order valence-electron chi connectivity index (χ3n) is 5.88. The molecule has 4 aromatic rings. The van der Waals surface area contributed by atoms with E-state index in [1.54, 1.807) is 30.3 Å². The molecule has 39 heavy (non-hydrogen) atoms. The molecule has 0 radical (unpaired) electrons. The Morgan fingerprint density at radius 2 is 1.69 bits per heavy atom. The Bertz CT molecular complexity index is 1520. The molecule has 0 saturated carbocycles. The number of carboxylic acid groups (broad SMARTS) is 1. The van der Waals surface area contributed by atoms with Crippen LogP contribution in [0.2, 0.25) is 0 Å². The van der Waals surface area contributed by atoms with E-state index in [9.17, 15) is 19.2 Å². The number of thioether (sulfide) groups is 1. The van der Waals surface area contributed by atoms with Crippen molar-refractivity contribution in [2.24, 2.45) is 0 Å². The molecule has 0 aliphatic carbocycles. The van der Waals surface area contributed by atoms with Gasteiger partial charge in [-0.25, -0.2) is 4.79 Å². The number of ether oxygens (including phenoxy) is 1. The van der Waals surface area contributed by atoms with Crippen LogP contribution in [0.15, 0.2) is 82.0 Å². The van der Waals surface area contributed by atoms with Crippen LogP contribution in [0.5, 0.6) is 5.75 Å². The lowest BCUT2D eigenvalue weighted by atomic mass is 10.1. The first-order valence-corrected chi connectivity index (χ1v) is 13.5. The number of hydrogen-bond donors (Lipinski definition) is 3. The lowest BCUT2D eigenvalue weighted by molar-refractivity contribution is -0.137. The summed E-state index contributed by atoms with van der Waals surface area (Å²) in [5.41, 5.74) is 0.972. The Morgan fingerprint density at radius 3 is 2.46 bits per heavy atom. The van der Waals surface area contributed by atoms with Gasteiger partial charge in [0.1, 0.15) is 17.4 Å². The maximum absolute atomic E-state index is 12.8. The van der Waals surface area contributed by atoms with Crippen LogP contribution in [0.25, 0.3) is 21.7 Å². The number of benzene rings is 3. The number of carbonyl (C=O) groups excluding carboxylic acids is 2. The molecular weight excluding hydrogens is 520 g/mol. The quantitative estimate of drug-likeness (QED) is 0.131. The van der Waals surface area contributed by atoms with Crippen LogP contribution in [-0.4, -0.2) is 47.8 Å². The van der Waals surface area contributed by atoms with E-state index in [0.717, 1.165) is 16.3 Å². The standard InChI is InChI=1S/C29H28N2O7S/c32-26(16-37-20-12-13-22-21-9-4-5-10-23(21)29(36)38-25(22)15-20)31-24(28(35)30-14-6-11-27(33)34)18-39-17-19-7-2-1-3-8-19/h1-5,7-10,12-13,15,24H,6,11,14,16-18H2,(H,30,35)(H,31,32)(H,33,34)/t24-/m0/s1. The fraction of sp³-hybridized carbons (Fsp3) is 0.241. The van der Waals surface area contributed by atoms with Crippen molar-refractivity contribution in [3.05, 3.63) is 88.8 Å². The van der Waals surface area contributed by atoms with Crippen molar-refractivity contribution < 1.29 is 28.6 Å². The molecule has 0 unspecified atom stereocenters. The molecule has 1 heterocycles. The Labute approximate surface area is 228 Å². The molecule has 202 valence electrons. The molecule has 0 bridgehead atoms. The lowest BCUT2D eigenvalue weighted by Crippen LogP contribution is -2.49. The summed E-state index contributed by atoms with van der Waals surface area (Å²) in [6, 6.07) is 21.1. The van der Waals surface area contributed by atoms with Crippen LogP contribution in [0, 0.1) is 0 Å². The molecule has 10 heteroatoms. The van der Waals surface area contributed by atoms with E-state index in [-0.39, 0.29) is 26.0 Å². The van der Waals surface area contributed by atoms with Gasteiger partial charge in [-0.05, 0) is 35.6 Å². The first kappa shape index (κ1) is 27.7. The average Bonchev–Trinajstić information content (AvgIpc) is 2.94. The third kappa shape index (κ3) is 7.84. The Morgan fingerprint density at radius 1 is 0.949 bits per heavy atom. The maximum atomic E-state index is 12.8. The molecule has 1 aromatic heterocycles. The monoisotopic (exact) mass is 548 g/mol. The third-order valence-corrected chi connectivity index (χ3v) is 6.98. The second-order valence-corrected chi connectivity index (χ2v) is 9.82. The molecule has 3 aromatic carbocycles. The number of aliphatic carboxylic acids is 1. The number of rotatable bonds is 13. The second kappa shape index (κ2) is 13.5. The Balaban J connectivity index is 1.37. The molecule has 0 saturated heterocycles. The molecule has 4 rings (SSSR count). The molecule has 0 aliphatic rings. The predicted octanol–water partition coefficient (Wildman–Crippen LogP) is 3.72. The van der Waals surface area contributed by atoms with Crippen LogP contribution in [0.4, 0.5) is 0 Å². The highest BCUT2D eigenvalue weighted by atomic mass is 32.2. The zero-order chi connectivity index (χ0) is 27.6. The van der Waals surface area contributed by atoms with Crippen molar-refractivity contribution in [2.45, 2.75) is 24.6 Å². The summed E-state index contributed by atoms with van der Waals surface area (Å²) in [5.74, 6) is -0.517. The van der Waals surface area contributed by atoms with Gasteiger partial charge < -0.3 is 24.9 Å². The first-order valence-electron chi connectivity index (χ1n) is 12.4. The van der Waals surface area contributed by atoms with Crippen molar-refractivity contribution in [3.8, 4) is 5.75 Å². The summed E-state index contributed by atoms with van der Waals surface area (Å²) in [5, 5.41) is 16.2. The average molecular weight is 549 g/mol. The largest absolute Gasteiger partial charge is 0.484 e. The highest BCUT2D eigenvalue weighted by Crippen LogP contribution is 2.26. The molecule has 0 spiro atoms. The molecule has 1 atom stereocenters. The number of amides is 2. The minimum atomic E-state index is -0.939. The molecule has 0 fully saturated rings. The van der Waals surface area contributed by atoms with E-state index in [2.05, 4.69) is 10.6 Å². The van der Waals surface area contributed by atoms with Gasteiger partial charge in [-0.3, -0.25) is 14.4 Å². The maximum Gasteiger partial charge on any atom is 0.344 e. The highest BCUT2D eigenvalue weighted by Gasteiger charge is 2.21. The summed E-state index contributed by atoms with van der Waals surface area (Å²) in [6.45, 7) is -0.163. The summed E-state index contributed by atoms with van der Waals surface area (Å²) in [6.07, 6.45) is 0.227. The summed E-state index contributed by atoms with van der Waals surface area (Å²) in [4.78, 5) is 48.5. The van der Waals surface area contributed by atoms with Crippen molar-refractivity contribution in [1.29, 1.82) is 0 Å². The molecule has 2 amide bonds. The van der Waals surface area contributed by atoms with E-state index >= 15 is 0 Å². The van der Waals surface area contributed by atoms with E-state index < -0.39 is 29.5 Å². The van der Waals surface area contributed by atoms with Crippen molar-refractivity contribution in [3.63, 3.8) is 0 Å². The highest BCUT2D eigenvalue weighted by molar-refractivity contribution is 7.98. The van der Waals surface area contributed by atoms with Gasteiger partial charge in [-0.1, -0.05) is 48.5 Å². The molecule has 3 N–H and O–H groups in total. The van der Waals surface area contributed by atoms with Crippen LogP contribution >= 0.6 is 11.8 Å². The topological polar surface area (TPSA) is 135 Å². The second-order valence-electron chi connectivity index (χ2n) is 8.79. The van der Waals surface area contributed by atoms with Gasteiger partial charge in [0.2, 0.25) is 5.91 Å². The smallest absolute Gasteiger partial charge is 0.344 e. The zero-order valence-electron chi connectivity index (χ0n) is 21.1. The van der Waals surface area contributed by atoms with Gasteiger partial charge in [-0.15, -0.1) is 0 Å². The van der Waals surface area contributed by atoms with Crippen LogP contribution in [0.3, 0.4) is 0 Å². The number of hydrogen-bond acceptors (Lipinski definition) is 7. The van der Waals surface area contributed by atoms with Crippen LogP contribution in [0.1, 0.15) is 18.4 Å². The fourth-order valence-electron chi connectivity index (χ4n) is 3.96. The Kier molecular flexibility index (Phi) is 9.58. The van der Waals surface area contributed by atoms with E-state index in [0.29, 0.717) is 28.2 Å². The molecular formula is C29H28N2O7S. The summed E-state index contributed by atoms with van der Waals surface area (Å²) >= 11 is 1.49. The van der Waals surface area contributed by atoms with Gasteiger partial charge in [0.05, 0.1) is 5.39 Å². The van der Waals surface area contributed by atoms with Gasteiger partial charge >= 0.3 is 11.6 Å². The van der Waals surface area contributed by atoms with Crippen molar-refractivity contribution in [2.75, 3.05) is 18.9 Å². The normalized spacial score (nSPS) is 11.7. The van der Waals surface area contributed by atoms with Gasteiger partial charge in [0, 0.05) is 35.9 Å². The van der Waals surface area contributed by atoms with Gasteiger partial charge in [-0.2, -0.15) is 11.8 Å². The minimum absolute atomic E-state index is 0.0599. The SMILES string of the molecule is O=C(O)CCCNC(=O)[C@H](CSCc1ccccc1)NC(=O)COc1ccc2c(c1)oc(=O)c1ccccc12. The summed E-state index contributed by atoms with van der Waals surface area (Å²) < 4.78 is 11.1. The molecule has 9 nitrogen and oxygen atoms in total. The molecule has 0 aliphatic heterocycles. The van der Waals surface area contributed by atoms with Crippen LogP contribution in [-0.2, 0) is 20.1 Å². The van der Waals surface area contributed by atoms with Crippen LogP contribution < -0.4 is 21.0 Å². The minimum Gasteiger partial charge on any atom is -0.484 e. The zero-order valence-corrected chi connectivity index (χ0v) is 21.9. The van der Waals surface area contributed by atoms with E-state index in [4.69, 9.17) is 14.3 Å². The number of carbonyl (C=O) groups is 3. The fourth-order valence-corrected chi connectivity index (χ4v) is 4.98. The number of fused-ring (bicyclic) bond motifs is 3. The van der Waals surface area contributed by atoms with Crippen molar-refractivity contribution >= 4 is 51.3 Å². The lowest BCUT2D eigenvalue weighted by Gasteiger charge is -2.18. The Hall–Kier alpha value is -4.31. The predicted molar refractivity (Wildman–Crippen MR) is 150 cm³/mol. The van der Waals surface area contributed by atoms with Gasteiger partial charge in [0.15, 0.2) is 6.61 Å². The van der Waals surface area contributed by atoms with E-state index in [1.807, 2.05) is 42.5 Å². The number of carboxylic acids is 1. The first-order chi connectivity index (χ1) is 18.9. The van der Waals surface area contributed by atoms with Gasteiger partial charge in [0.25, 0.3) is 5.91 Å². The number of nitrogens with one attached hydrogen (secondary N) is 2. The summed E-state index contributed by atoms with van der Waals surface area (Å²) in [7, 11) is 0. The van der Waals surface area contributed by atoms with E-state index in [1.165, 1.54) is 11.8 Å². The van der Waals surface area contributed by atoms with Crippen molar-refractivity contribution in [1.82, 2.24) is 10.6 Å².